The van der Waals surface area contributed by atoms with Gasteiger partial charge in [-0.1, -0.05) is 18.2 Å². The van der Waals surface area contributed by atoms with Gasteiger partial charge in [-0.15, -0.1) is 0 Å². The Kier molecular flexibility index (Phi) is 1.43. The van der Waals surface area contributed by atoms with Gasteiger partial charge in [0.05, 0.1) is 12.0 Å². The van der Waals surface area contributed by atoms with Crippen LogP contribution in [0, 0.1) is 17.2 Å². The van der Waals surface area contributed by atoms with E-state index in [2.05, 4.69) is 23.2 Å². The predicted molar refractivity (Wildman–Crippen MR) is 54.8 cm³/mol. The van der Waals surface area contributed by atoms with Gasteiger partial charge in [-0.05, 0) is 18.1 Å². The third-order valence-electron chi connectivity index (χ3n) is 2.98. The first-order valence-corrected chi connectivity index (χ1v) is 4.86. The highest BCUT2D eigenvalue weighted by molar-refractivity contribution is 5.84. The molecule has 2 atom stereocenters. The number of benzene rings is 1. The summed E-state index contributed by atoms with van der Waals surface area (Å²) in [6, 6.07) is 10.6. The number of nitriles is 1. The number of para-hydroxylation sites is 1. The van der Waals surface area contributed by atoms with Crippen LogP contribution in [-0.4, -0.2) is 4.98 Å². The van der Waals surface area contributed by atoms with Gasteiger partial charge < -0.3 is 4.98 Å². The molecule has 0 aliphatic heterocycles. The number of aromatic nitrogens is 1. The van der Waals surface area contributed by atoms with Crippen LogP contribution < -0.4 is 0 Å². The van der Waals surface area contributed by atoms with Gasteiger partial charge in [0.1, 0.15) is 0 Å². The molecule has 68 valence electrons. The number of fused-ring (bicyclic) bond motifs is 1. The Morgan fingerprint density at radius 3 is 3.00 bits per heavy atom. The number of nitrogens with zero attached hydrogens (tertiary/aromatic N) is 1. The Morgan fingerprint density at radius 2 is 2.21 bits per heavy atom. The maximum atomic E-state index is 8.79. The fourth-order valence-corrected chi connectivity index (χ4v) is 2.08. The molecule has 1 saturated carbocycles. The summed E-state index contributed by atoms with van der Waals surface area (Å²) in [5, 5.41) is 10.1. The Morgan fingerprint density at radius 1 is 1.36 bits per heavy atom. The Labute approximate surface area is 82.2 Å². The van der Waals surface area contributed by atoms with E-state index in [1.54, 1.807) is 0 Å². The van der Waals surface area contributed by atoms with Gasteiger partial charge in [-0.2, -0.15) is 5.26 Å². The molecule has 2 heteroatoms. The van der Waals surface area contributed by atoms with E-state index >= 15 is 0 Å². The molecule has 1 N–H and O–H groups in total. The van der Waals surface area contributed by atoms with E-state index in [1.165, 1.54) is 16.5 Å². The maximum Gasteiger partial charge on any atom is 0.0662 e. The van der Waals surface area contributed by atoms with Crippen LogP contribution in [0.25, 0.3) is 10.9 Å². The van der Waals surface area contributed by atoms with E-state index in [1.807, 2.05) is 18.3 Å². The molecule has 0 radical (unpaired) electrons. The molecule has 1 heterocycles. The van der Waals surface area contributed by atoms with Crippen LogP contribution in [0.3, 0.4) is 0 Å². The summed E-state index contributed by atoms with van der Waals surface area (Å²) in [5.74, 6) is 0.713. The van der Waals surface area contributed by atoms with Gasteiger partial charge in [0, 0.05) is 23.0 Å². The molecular weight excluding hydrogens is 172 g/mol. The zero-order valence-electron chi connectivity index (χ0n) is 7.70. The molecule has 14 heavy (non-hydrogen) atoms. The van der Waals surface area contributed by atoms with Crippen LogP contribution in [0.2, 0.25) is 0 Å². The van der Waals surface area contributed by atoms with Crippen molar-refractivity contribution in [2.45, 2.75) is 12.3 Å². The second-order valence-corrected chi connectivity index (χ2v) is 3.87. The Balaban J connectivity index is 2.11. The van der Waals surface area contributed by atoms with Gasteiger partial charge in [-0.3, -0.25) is 0 Å². The van der Waals surface area contributed by atoms with E-state index in [-0.39, 0.29) is 5.92 Å². The molecular formula is C12H10N2. The van der Waals surface area contributed by atoms with E-state index in [4.69, 9.17) is 5.26 Å². The molecule has 3 rings (SSSR count). The summed E-state index contributed by atoms with van der Waals surface area (Å²) < 4.78 is 0. The molecule has 1 fully saturated rings. The molecule has 2 aromatic rings. The predicted octanol–water partition coefficient (Wildman–Crippen LogP) is 2.79. The van der Waals surface area contributed by atoms with Gasteiger partial charge in [0.15, 0.2) is 0 Å². The van der Waals surface area contributed by atoms with Gasteiger partial charge in [-0.25, -0.2) is 0 Å². The topological polar surface area (TPSA) is 39.6 Å². The first-order valence-electron chi connectivity index (χ1n) is 4.86. The van der Waals surface area contributed by atoms with Crippen LogP contribution in [0.1, 0.15) is 17.9 Å². The molecule has 1 aromatic heterocycles. The Bertz CT molecular complexity index is 518. The number of nitrogens with one attached hydrogen (secondary N) is 1. The average molecular weight is 182 g/mol. The number of rotatable bonds is 1. The van der Waals surface area contributed by atoms with Crippen LogP contribution in [0.5, 0.6) is 0 Å². The first-order chi connectivity index (χ1) is 6.90. The third kappa shape index (κ3) is 0.958. The van der Waals surface area contributed by atoms with Crippen molar-refractivity contribution in [3.63, 3.8) is 0 Å². The van der Waals surface area contributed by atoms with Crippen molar-refractivity contribution in [2.24, 2.45) is 5.92 Å². The molecule has 0 spiro atoms. The van der Waals surface area contributed by atoms with Gasteiger partial charge >= 0.3 is 0 Å². The summed E-state index contributed by atoms with van der Waals surface area (Å²) in [7, 11) is 0. The lowest BCUT2D eigenvalue weighted by Crippen LogP contribution is -1.78. The normalized spacial score (nSPS) is 24.8. The minimum absolute atomic E-state index is 0.245. The summed E-state index contributed by atoms with van der Waals surface area (Å²) in [6.45, 7) is 0. The number of hydrogen-bond acceptors (Lipinski definition) is 1. The van der Waals surface area contributed by atoms with Crippen molar-refractivity contribution in [2.75, 3.05) is 0 Å². The van der Waals surface area contributed by atoms with Crippen LogP contribution in [0.15, 0.2) is 30.5 Å². The zero-order valence-corrected chi connectivity index (χ0v) is 7.70. The van der Waals surface area contributed by atoms with E-state index in [9.17, 15) is 0 Å². The second-order valence-electron chi connectivity index (χ2n) is 3.87. The lowest BCUT2D eigenvalue weighted by molar-refractivity contribution is 1.03. The number of aromatic amines is 1. The molecule has 1 aliphatic carbocycles. The summed E-state index contributed by atoms with van der Waals surface area (Å²) in [5.41, 5.74) is 2.48. The van der Waals surface area contributed by atoms with Crippen molar-refractivity contribution in [1.82, 2.24) is 4.98 Å². The standard InChI is InChI=1S/C12H10N2/c13-6-8-5-10(8)11-7-14-12-4-2-1-3-9(11)12/h1-4,7-8,10,14H,5H2. The quantitative estimate of drug-likeness (QED) is 0.723. The maximum absolute atomic E-state index is 8.79. The van der Waals surface area contributed by atoms with E-state index in [0.717, 1.165) is 6.42 Å². The highest BCUT2D eigenvalue weighted by Gasteiger charge is 2.39. The van der Waals surface area contributed by atoms with Gasteiger partial charge in [0.2, 0.25) is 0 Å². The first kappa shape index (κ1) is 7.64. The van der Waals surface area contributed by atoms with Crippen LogP contribution in [-0.2, 0) is 0 Å². The van der Waals surface area contributed by atoms with Crippen LogP contribution in [0.4, 0.5) is 0 Å². The van der Waals surface area contributed by atoms with Crippen molar-refractivity contribution < 1.29 is 0 Å². The van der Waals surface area contributed by atoms with E-state index < -0.39 is 0 Å². The number of H-pyrrole nitrogens is 1. The third-order valence-corrected chi connectivity index (χ3v) is 2.98. The molecule has 1 aromatic carbocycles. The lowest BCUT2D eigenvalue weighted by atomic mass is 10.1. The van der Waals surface area contributed by atoms with Crippen molar-refractivity contribution in [3.8, 4) is 6.07 Å². The molecule has 0 saturated heterocycles. The smallest absolute Gasteiger partial charge is 0.0662 e. The highest BCUT2D eigenvalue weighted by atomic mass is 14.7. The largest absolute Gasteiger partial charge is 0.361 e. The number of hydrogen-bond donors (Lipinski definition) is 1. The summed E-state index contributed by atoms with van der Waals surface area (Å²) in [4.78, 5) is 3.24. The summed E-state index contributed by atoms with van der Waals surface area (Å²) in [6.07, 6.45) is 3.07. The zero-order chi connectivity index (χ0) is 9.54. The molecule has 0 bridgehead atoms. The van der Waals surface area contributed by atoms with Crippen LogP contribution >= 0.6 is 0 Å². The average Bonchev–Trinajstić information content (AvgIpc) is 2.90. The Hall–Kier alpha value is -1.75. The fourth-order valence-electron chi connectivity index (χ4n) is 2.08. The van der Waals surface area contributed by atoms with Gasteiger partial charge in [0.25, 0.3) is 0 Å². The molecule has 2 unspecified atom stereocenters. The SMILES string of the molecule is N#CC1CC1c1c[nH]c2ccccc12. The van der Waals surface area contributed by atoms with E-state index in [0.29, 0.717) is 5.92 Å². The van der Waals surface area contributed by atoms with Crippen molar-refractivity contribution >= 4 is 10.9 Å². The minimum atomic E-state index is 0.245. The lowest BCUT2D eigenvalue weighted by Gasteiger charge is -1.93. The van der Waals surface area contributed by atoms with Crippen molar-refractivity contribution in [3.05, 3.63) is 36.0 Å². The molecule has 1 aliphatic rings. The minimum Gasteiger partial charge on any atom is -0.361 e. The fraction of sp³-hybridized carbons (Fsp3) is 0.250. The molecule has 0 amide bonds. The monoisotopic (exact) mass is 182 g/mol. The summed E-state index contributed by atoms with van der Waals surface area (Å²) >= 11 is 0. The molecule has 2 nitrogen and oxygen atoms in total. The second kappa shape index (κ2) is 2.62. The van der Waals surface area contributed by atoms with Crippen molar-refractivity contribution in [1.29, 1.82) is 5.26 Å². The highest BCUT2D eigenvalue weighted by Crippen LogP contribution is 2.48.